The van der Waals surface area contributed by atoms with Crippen molar-refractivity contribution in [3.05, 3.63) is 35.6 Å². The van der Waals surface area contributed by atoms with Gasteiger partial charge >= 0.3 is 0 Å². The van der Waals surface area contributed by atoms with E-state index in [2.05, 4.69) is 0 Å². The Hall–Kier alpha value is -1.80. The predicted molar refractivity (Wildman–Crippen MR) is 90.9 cm³/mol. The Labute approximate surface area is 151 Å². The molecule has 1 aliphatic heterocycles. The van der Waals surface area contributed by atoms with Crippen LogP contribution in [-0.2, 0) is 14.3 Å². The molecule has 4 aliphatic rings. The van der Waals surface area contributed by atoms with E-state index in [-0.39, 0.29) is 17.8 Å². The number of allylic oxidation sites excluding steroid dienone is 4. The number of hydrogen-bond donors (Lipinski definition) is 4. The van der Waals surface area contributed by atoms with E-state index in [4.69, 9.17) is 4.74 Å². The largest absolute Gasteiger partial charge is 0.508 e. The highest BCUT2D eigenvalue weighted by Gasteiger charge is 2.75. The van der Waals surface area contributed by atoms with Crippen molar-refractivity contribution in [3.8, 4) is 0 Å². The molecule has 0 amide bonds. The number of ketones is 2. The Morgan fingerprint density at radius 2 is 1.92 bits per heavy atom. The van der Waals surface area contributed by atoms with Crippen molar-refractivity contribution in [3.63, 3.8) is 0 Å². The van der Waals surface area contributed by atoms with Gasteiger partial charge in [0.1, 0.15) is 11.4 Å². The number of carbonyl (C=O) groups excluding carboxylic acids is 2. The number of carbonyl (C=O) groups is 2. The van der Waals surface area contributed by atoms with Crippen LogP contribution in [0.4, 0.5) is 0 Å². The van der Waals surface area contributed by atoms with Gasteiger partial charge in [-0.05, 0) is 26.8 Å². The molecule has 4 fully saturated rings. The smallest absolute Gasteiger partial charge is 0.189 e. The van der Waals surface area contributed by atoms with Crippen molar-refractivity contribution >= 4 is 11.6 Å². The van der Waals surface area contributed by atoms with Crippen molar-refractivity contribution in [1.82, 2.24) is 0 Å². The van der Waals surface area contributed by atoms with Crippen molar-refractivity contribution in [1.29, 1.82) is 0 Å². The molecule has 7 nitrogen and oxygen atoms in total. The van der Waals surface area contributed by atoms with E-state index >= 15 is 0 Å². The van der Waals surface area contributed by atoms with Crippen LogP contribution in [0.25, 0.3) is 0 Å². The standard InChI is InChI=1S/C19H24O7/c1-4-5-6-7-11(21)12-13-14-10(8-19(25,9-20)26-14)17(2,15(12)22)16(23)18(13,3)24/h4-7,10,13-14,20-21,24-25H,8-9H2,1-3H3. The number of fused-ring (bicyclic) bond motifs is 2. The van der Waals surface area contributed by atoms with E-state index in [9.17, 15) is 30.0 Å². The van der Waals surface area contributed by atoms with Gasteiger partial charge in [0.2, 0.25) is 0 Å². The lowest BCUT2D eigenvalue weighted by Gasteiger charge is -2.56. The lowest BCUT2D eigenvalue weighted by atomic mass is 9.46. The van der Waals surface area contributed by atoms with Gasteiger partial charge < -0.3 is 25.2 Å². The maximum atomic E-state index is 13.1. The third kappa shape index (κ3) is 2.28. The Morgan fingerprint density at radius 3 is 2.50 bits per heavy atom. The summed E-state index contributed by atoms with van der Waals surface area (Å²) in [7, 11) is 0. The topological polar surface area (TPSA) is 124 Å². The second kappa shape index (κ2) is 5.85. The van der Waals surface area contributed by atoms with Crippen LogP contribution in [0.3, 0.4) is 0 Å². The average molecular weight is 364 g/mol. The van der Waals surface area contributed by atoms with Gasteiger partial charge in [0.25, 0.3) is 0 Å². The zero-order valence-electron chi connectivity index (χ0n) is 15.0. The maximum Gasteiger partial charge on any atom is 0.189 e. The summed E-state index contributed by atoms with van der Waals surface area (Å²) in [6.45, 7) is 3.80. The molecular formula is C19H24O7. The first-order valence-corrected chi connectivity index (χ1v) is 8.60. The zero-order valence-corrected chi connectivity index (χ0v) is 15.0. The summed E-state index contributed by atoms with van der Waals surface area (Å²) in [4.78, 5) is 26.0. The van der Waals surface area contributed by atoms with Gasteiger partial charge in [-0.1, -0.05) is 18.2 Å². The van der Waals surface area contributed by atoms with Gasteiger partial charge in [-0.15, -0.1) is 0 Å². The van der Waals surface area contributed by atoms with Crippen molar-refractivity contribution in [2.24, 2.45) is 17.3 Å². The van der Waals surface area contributed by atoms with Crippen LogP contribution in [0.5, 0.6) is 0 Å². The molecule has 1 heterocycles. The van der Waals surface area contributed by atoms with E-state index in [0.29, 0.717) is 0 Å². The lowest BCUT2D eigenvalue weighted by Crippen LogP contribution is -2.71. The summed E-state index contributed by atoms with van der Waals surface area (Å²) in [6, 6.07) is 0. The molecule has 0 aromatic rings. The number of aliphatic hydroxyl groups is 4. The summed E-state index contributed by atoms with van der Waals surface area (Å²) < 4.78 is 5.60. The molecule has 3 aliphatic carbocycles. The first kappa shape index (κ1) is 19.0. The van der Waals surface area contributed by atoms with E-state index in [1.807, 2.05) is 0 Å². The quantitative estimate of drug-likeness (QED) is 0.250. The lowest BCUT2D eigenvalue weighted by molar-refractivity contribution is -0.235. The first-order valence-electron chi connectivity index (χ1n) is 8.60. The van der Waals surface area contributed by atoms with Crippen LogP contribution in [0.1, 0.15) is 27.2 Å². The molecule has 6 atom stereocenters. The molecule has 7 heteroatoms. The summed E-state index contributed by atoms with van der Waals surface area (Å²) in [5.41, 5.74) is -3.68. The van der Waals surface area contributed by atoms with Crippen molar-refractivity contribution in [2.45, 2.75) is 44.7 Å². The fourth-order valence-electron chi connectivity index (χ4n) is 4.69. The minimum absolute atomic E-state index is 0.0821. The number of hydrogen-bond acceptors (Lipinski definition) is 7. The summed E-state index contributed by atoms with van der Waals surface area (Å²) >= 11 is 0. The summed E-state index contributed by atoms with van der Waals surface area (Å²) in [6.07, 6.45) is 5.27. The van der Waals surface area contributed by atoms with Crippen LogP contribution in [-0.4, -0.2) is 56.1 Å². The van der Waals surface area contributed by atoms with Crippen LogP contribution < -0.4 is 0 Å². The second-order valence-corrected chi connectivity index (χ2v) is 7.67. The molecule has 2 bridgehead atoms. The average Bonchev–Trinajstić information content (AvgIpc) is 2.94. The number of rotatable bonds is 3. The highest BCUT2D eigenvalue weighted by Crippen LogP contribution is 2.62. The Balaban J connectivity index is 2.20. The monoisotopic (exact) mass is 364 g/mol. The van der Waals surface area contributed by atoms with E-state index < -0.39 is 52.9 Å². The minimum Gasteiger partial charge on any atom is -0.508 e. The molecule has 3 saturated carbocycles. The normalized spacial score (nSPS) is 47.2. The predicted octanol–water partition coefficient (Wildman–Crippen LogP) is 0.556. The van der Waals surface area contributed by atoms with Crippen LogP contribution in [0.2, 0.25) is 0 Å². The highest BCUT2D eigenvalue weighted by molar-refractivity contribution is 6.21. The summed E-state index contributed by atoms with van der Waals surface area (Å²) in [5.74, 6) is -5.29. The fourth-order valence-corrected chi connectivity index (χ4v) is 4.69. The number of aliphatic hydroxyl groups excluding tert-OH is 2. The molecular weight excluding hydrogens is 340 g/mol. The molecule has 0 aromatic heterocycles. The molecule has 4 rings (SSSR count). The second-order valence-electron chi connectivity index (χ2n) is 7.67. The minimum atomic E-state index is -1.94. The third-order valence-corrected chi connectivity index (χ3v) is 6.01. The first-order chi connectivity index (χ1) is 12.0. The zero-order chi connectivity index (χ0) is 19.5. The molecule has 4 N–H and O–H groups in total. The number of Topliss-reactive ketones (excluding diaryl/α,β-unsaturated/α-hetero) is 2. The van der Waals surface area contributed by atoms with Crippen molar-refractivity contribution < 1.29 is 34.8 Å². The van der Waals surface area contributed by atoms with Crippen LogP contribution >= 0.6 is 0 Å². The van der Waals surface area contributed by atoms with Gasteiger partial charge in [-0.2, -0.15) is 0 Å². The number of ether oxygens (including phenoxy) is 1. The SMILES string of the molecule is CC=CC=CC(O)=C1C(=O)C2(C)C(=O)C(C)(O)C1C1OC(O)(CO)CC12. The van der Waals surface area contributed by atoms with Gasteiger partial charge in [0, 0.05) is 17.9 Å². The fraction of sp³-hybridized carbons (Fsp3) is 0.579. The molecule has 142 valence electrons. The Bertz CT molecular complexity index is 747. The molecule has 0 radical (unpaired) electrons. The van der Waals surface area contributed by atoms with Gasteiger partial charge in [0.15, 0.2) is 17.4 Å². The van der Waals surface area contributed by atoms with E-state index in [1.54, 1.807) is 19.1 Å². The third-order valence-electron chi connectivity index (χ3n) is 6.01. The Kier molecular flexibility index (Phi) is 4.27. The van der Waals surface area contributed by atoms with Gasteiger partial charge in [0.05, 0.1) is 24.0 Å². The molecule has 0 aromatic carbocycles. The molecule has 26 heavy (non-hydrogen) atoms. The van der Waals surface area contributed by atoms with Gasteiger partial charge in [-0.3, -0.25) is 9.59 Å². The van der Waals surface area contributed by atoms with Crippen molar-refractivity contribution in [2.75, 3.05) is 6.61 Å². The Morgan fingerprint density at radius 1 is 1.27 bits per heavy atom. The van der Waals surface area contributed by atoms with E-state index in [0.717, 1.165) is 0 Å². The summed E-state index contributed by atoms with van der Waals surface area (Å²) in [5, 5.41) is 41.2. The van der Waals surface area contributed by atoms with Crippen LogP contribution in [0.15, 0.2) is 35.6 Å². The highest BCUT2D eigenvalue weighted by atomic mass is 16.6. The molecule has 1 saturated heterocycles. The van der Waals surface area contributed by atoms with Gasteiger partial charge in [-0.25, -0.2) is 0 Å². The van der Waals surface area contributed by atoms with Crippen LogP contribution in [0, 0.1) is 17.3 Å². The van der Waals surface area contributed by atoms with E-state index in [1.165, 1.54) is 26.0 Å². The molecule has 6 unspecified atom stereocenters. The maximum absolute atomic E-state index is 13.1. The molecule has 0 spiro atoms.